The van der Waals surface area contributed by atoms with Crippen LogP contribution in [0.25, 0.3) is 54.8 Å². The largest absolute Gasteiger partial charge is 2.00 e. The SMILES string of the molecule is C[Si]1(C)c2cc3c4ccccc4n(-c4ccccc4)c3cc2N(c2[c-]c(C(F)c3[c-]c4c(cc3)c3ccccc3n3ccnc43)ccc2)c2ncccc21.[Pd+2]. The van der Waals surface area contributed by atoms with Crippen LogP contribution in [-0.2, 0) is 20.4 Å². The number of nitrogens with zero attached hydrogens (tertiary/aromatic N) is 5. The van der Waals surface area contributed by atoms with E-state index < -0.39 is 14.2 Å². The molecular formula is C47H32FN5PdSi. The Morgan fingerprint density at radius 3 is 2.20 bits per heavy atom. The van der Waals surface area contributed by atoms with Crippen LogP contribution in [0.5, 0.6) is 0 Å². The summed E-state index contributed by atoms with van der Waals surface area (Å²) in [5, 5.41) is 7.84. The van der Waals surface area contributed by atoms with Gasteiger partial charge in [0.1, 0.15) is 20.1 Å². The molecule has 0 aliphatic carbocycles. The Bertz CT molecular complexity index is 3130. The summed E-state index contributed by atoms with van der Waals surface area (Å²) >= 11 is 0. The van der Waals surface area contributed by atoms with E-state index in [1.165, 1.54) is 21.1 Å². The monoisotopic (exact) mass is 819 g/mol. The summed E-state index contributed by atoms with van der Waals surface area (Å²) in [5.74, 6) is 0.873. The molecule has 5 heterocycles. The van der Waals surface area contributed by atoms with Gasteiger partial charge < -0.3 is 13.9 Å². The van der Waals surface area contributed by atoms with E-state index in [2.05, 4.69) is 123 Å². The van der Waals surface area contributed by atoms with Crippen LogP contribution < -0.4 is 15.3 Å². The number of alkyl halides is 1. The minimum atomic E-state index is -2.25. The van der Waals surface area contributed by atoms with E-state index in [4.69, 9.17) is 4.98 Å². The molecule has 0 fully saturated rings. The number of para-hydroxylation sites is 3. The molecule has 10 aromatic rings. The van der Waals surface area contributed by atoms with Crippen LogP contribution in [0.1, 0.15) is 17.3 Å². The van der Waals surface area contributed by atoms with Crippen LogP contribution in [0.4, 0.5) is 21.6 Å². The van der Waals surface area contributed by atoms with E-state index in [0.717, 1.165) is 61.2 Å². The summed E-state index contributed by atoms with van der Waals surface area (Å²) in [7, 11) is -2.25. The van der Waals surface area contributed by atoms with Crippen LogP contribution in [0.3, 0.4) is 0 Å². The van der Waals surface area contributed by atoms with Crippen molar-refractivity contribution < 1.29 is 24.8 Å². The molecule has 5 nitrogen and oxygen atoms in total. The first-order valence-electron chi connectivity index (χ1n) is 18.2. The zero-order valence-corrected chi connectivity index (χ0v) is 32.5. The number of fused-ring (bicyclic) bond motifs is 11. The van der Waals surface area contributed by atoms with Crippen molar-refractivity contribution in [2.75, 3.05) is 4.90 Å². The van der Waals surface area contributed by atoms with Crippen molar-refractivity contribution in [2.24, 2.45) is 0 Å². The second-order valence-electron chi connectivity index (χ2n) is 14.6. The predicted octanol–water partition coefficient (Wildman–Crippen LogP) is 10.4. The van der Waals surface area contributed by atoms with Crippen LogP contribution in [0.2, 0.25) is 13.1 Å². The number of aromatic nitrogens is 4. The van der Waals surface area contributed by atoms with E-state index in [0.29, 0.717) is 11.1 Å². The van der Waals surface area contributed by atoms with Crippen molar-refractivity contribution in [3.8, 4) is 5.69 Å². The molecular weight excluding hydrogens is 788 g/mol. The summed E-state index contributed by atoms with van der Waals surface area (Å²) in [6, 6.07) is 52.9. The molecule has 1 unspecified atom stereocenters. The number of pyridine rings is 2. The zero-order chi connectivity index (χ0) is 36.1. The van der Waals surface area contributed by atoms with E-state index in [9.17, 15) is 0 Å². The summed E-state index contributed by atoms with van der Waals surface area (Å²) in [6.07, 6.45) is 4.12. The van der Waals surface area contributed by atoms with Crippen LogP contribution in [-0.4, -0.2) is 27.0 Å². The molecule has 1 atom stereocenters. The normalized spacial score (nSPS) is 14.0. The van der Waals surface area contributed by atoms with Crippen molar-refractivity contribution in [3.63, 3.8) is 0 Å². The number of benzene rings is 6. The van der Waals surface area contributed by atoms with Crippen LogP contribution >= 0.6 is 0 Å². The molecule has 55 heavy (non-hydrogen) atoms. The first-order valence-corrected chi connectivity index (χ1v) is 21.2. The van der Waals surface area contributed by atoms with Gasteiger partial charge in [0, 0.05) is 46.3 Å². The van der Waals surface area contributed by atoms with E-state index in [-0.39, 0.29) is 20.4 Å². The maximum Gasteiger partial charge on any atom is 2.00 e. The summed E-state index contributed by atoms with van der Waals surface area (Å²) in [6.45, 7) is 4.80. The third kappa shape index (κ3) is 4.92. The van der Waals surface area contributed by atoms with Crippen molar-refractivity contribution >= 4 is 84.8 Å². The smallest absolute Gasteiger partial charge is 0.340 e. The average molecular weight is 820 g/mol. The molecule has 1 aliphatic heterocycles. The molecule has 0 saturated heterocycles. The summed E-state index contributed by atoms with van der Waals surface area (Å²) in [5.41, 5.74) is 7.85. The first kappa shape index (κ1) is 33.6. The molecule has 4 aromatic heterocycles. The van der Waals surface area contributed by atoms with Crippen molar-refractivity contribution in [2.45, 2.75) is 19.3 Å². The van der Waals surface area contributed by atoms with Gasteiger partial charge >= 0.3 is 20.4 Å². The molecule has 1 aliphatic rings. The van der Waals surface area contributed by atoms with E-state index >= 15 is 4.39 Å². The Balaban J connectivity index is 0.00000372. The van der Waals surface area contributed by atoms with Gasteiger partial charge in [-0.25, -0.2) is 9.37 Å². The molecule has 6 aromatic carbocycles. The molecule has 266 valence electrons. The molecule has 0 radical (unpaired) electrons. The Morgan fingerprint density at radius 1 is 0.618 bits per heavy atom. The minimum Gasteiger partial charge on any atom is -0.340 e. The Morgan fingerprint density at radius 2 is 1.36 bits per heavy atom. The van der Waals surface area contributed by atoms with E-state index in [1.54, 1.807) is 6.20 Å². The maximum absolute atomic E-state index is 16.9. The second kappa shape index (κ2) is 12.6. The molecule has 0 N–H and O–H groups in total. The van der Waals surface area contributed by atoms with Gasteiger partial charge in [-0.3, -0.25) is 4.98 Å². The minimum absolute atomic E-state index is 0. The fraction of sp³-hybridized carbons (Fsp3) is 0.0638. The van der Waals surface area contributed by atoms with Crippen molar-refractivity contribution in [3.05, 3.63) is 175 Å². The predicted molar refractivity (Wildman–Crippen MR) is 221 cm³/mol. The van der Waals surface area contributed by atoms with Crippen LogP contribution in [0, 0.1) is 12.1 Å². The zero-order valence-electron chi connectivity index (χ0n) is 29.9. The summed E-state index contributed by atoms with van der Waals surface area (Å²) in [4.78, 5) is 11.9. The van der Waals surface area contributed by atoms with Crippen molar-refractivity contribution in [1.82, 2.24) is 18.9 Å². The van der Waals surface area contributed by atoms with Gasteiger partial charge in [0.15, 0.2) is 0 Å². The van der Waals surface area contributed by atoms with Gasteiger partial charge in [-0.15, -0.1) is 29.8 Å². The van der Waals surface area contributed by atoms with E-state index in [1.807, 2.05) is 67.0 Å². The van der Waals surface area contributed by atoms with Gasteiger partial charge in [-0.1, -0.05) is 102 Å². The molecule has 8 heteroatoms. The Hall–Kier alpha value is -5.91. The van der Waals surface area contributed by atoms with Gasteiger partial charge in [-0.2, -0.15) is 18.2 Å². The Labute approximate surface area is 332 Å². The van der Waals surface area contributed by atoms with Gasteiger partial charge in [0.25, 0.3) is 0 Å². The fourth-order valence-electron chi connectivity index (χ4n) is 8.68. The quantitative estimate of drug-likeness (QED) is 0.101. The topological polar surface area (TPSA) is 38.4 Å². The van der Waals surface area contributed by atoms with Crippen molar-refractivity contribution in [1.29, 1.82) is 0 Å². The van der Waals surface area contributed by atoms with Gasteiger partial charge in [-0.05, 0) is 52.2 Å². The van der Waals surface area contributed by atoms with Crippen LogP contribution in [0.15, 0.2) is 152 Å². The number of hydrogen-bond donors (Lipinski definition) is 0. The Kier molecular flexibility index (Phi) is 7.69. The molecule has 0 saturated carbocycles. The summed E-state index contributed by atoms with van der Waals surface area (Å²) < 4.78 is 21.3. The number of hydrogen-bond acceptors (Lipinski definition) is 3. The fourth-order valence-corrected chi connectivity index (χ4v) is 11.6. The van der Waals surface area contributed by atoms with Gasteiger partial charge in [0.05, 0.1) is 16.7 Å². The number of rotatable bonds is 4. The number of imidazole rings is 1. The standard InChI is InChI=1S/C47H32FN5Si.Pd/c1-54(2)43-20-11-23-49-47(43)53(42-29-41-37(28-44(42)54)36-17-7-9-19-40(36)52(41)32-13-4-3-5-14-32)33-15-10-12-30(26-33)45(48)31-21-22-34-35-16-6-8-18-39(35)51-25-24-50-46(51)38(34)27-31;/h3-25,28-29,45H,1-2H3;/q-2;+2. The third-order valence-electron chi connectivity index (χ3n) is 11.3. The third-order valence-corrected chi connectivity index (χ3v) is 14.8. The number of anilines is 3. The maximum atomic E-state index is 16.9. The second-order valence-corrected chi connectivity index (χ2v) is 18.9. The first-order chi connectivity index (χ1) is 26.5. The van der Waals surface area contributed by atoms with Gasteiger partial charge in [0.2, 0.25) is 0 Å². The molecule has 0 bridgehead atoms. The number of halogens is 1. The molecule has 0 amide bonds. The average Bonchev–Trinajstić information content (AvgIpc) is 3.84. The molecule has 0 spiro atoms. The molecule has 11 rings (SSSR count).